The Labute approximate surface area is 124 Å². The monoisotopic (exact) mass is 288 g/mol. The number of hydrogen-bond acceptors (Lipinski definition) is 5. The van der Waals surface area contributed by atoms with E-state index < -0.39 is 0 Å². The van der Waals surface area contributed by atoms with Crippen LogP contribution in [0.4, 0.5) is 5.82 Å². The molecule has 21 heavy (non-hydrogen) atoms. The SMILES string of the molecule is C[C@@H]1CN(C(=O)CN(C)c2ccc(C#N)cn2)C[C@@H](C)O1. The van der Waals surface area contributed by atoms with Gasteiger partial charge in [-0.2, -0.15) is 5.26 Å². The average molecular weight is 288 g/mol. The maximum Gasteiger partial charge on any atom is 0.242 e. The summed E-state index contributed by atoms with van der Waals surface area (Å²) >= 11 is 0. The fourth-order valence-corrected chi connectivity index (χ4v) is 2.44. The van der Waals surface area contributed by atoms with Gasteiger partial charge in [0.1, 0.15) is 11.9 Å². The van der Waals surface area contributed by atoms with Crippen LogP contribution in [-0.4, -0.2) is 54.7 Å². The van der Waals surface area contributed by atoms with E-state index in [0.29, 0.717) is 24.5 Å². The maximum absolute atomic E-state index is 12.3. The summed E-state index contributed by atoms with van der Waals surface area (Å²) in [4.78, 5) is 20.1. The highest BCUT2D eigenvalue weighted by Gasteiger charge is 2.26. The number of nitrogens with zero attached hydrogens (tertiary/aromatic N) is 4. The van der Waals surface area contributed by atoms with E-state index in [1.54, 1.807) is 17.0 Å². The summed E-state index contributed by atoms with van der Waals surface area (Å²) in [6, 6.07) is 5.47. The van der Waals surface area contributed by atoms with Gasteiger partial charge in [-0.1, -0.05) is 0 Å². The summed E-state index contributed by atoms with van der Waals surface area (Å²) in [5, 5.41) is 8.76. The molecule has 1 aliphatic heterocycles. The second-order valence-electron chi connectivity index (χ2n) is 5.43. The molecule has 0 bridgehead atoms. The van der Waals surface area contributed by atoms with Crippen molar-refractivity contribution in [3.63, 3.8) is 0 Å². The number of aromatic nitrogens is 1. The highest BCUT2D eigenvalue weighted by molar-refractivity contribution is 5.81. The number of rotatable bonds is 3. The number of nitriles is 1. The lowest BCUT2D eigenvalue weighted by atomic mass is 10.2. The van der Waals surface area contributed by atoms with Crippen LogP contribution in [0.2, 0.25) is 0 Å². The number of likely N-dealkylation sites (N-methyl/N-ethyl adjacent to an activating group) is 1. The Morgan fingerprint density at radius 2 is 2.14 bits per heavy atom. The number of pyridine rings is 1. The first kappa shape index (κ1) is 15.3. The van der Waals surface area contributed by atoms with Crippen molar-refractivity contribution in [2.24, 2.45) is 0 Å². The molecule has 1 aromatic rings. The molecule has 0 N–H and O–H groups in total. The van der Waals surface area contributed by atoms with Gasteiger partial charge in [0, 0.05) is 26.3 Å². The largest absolute Gasteiger partial charge is 0.372 e. The molecule has 112 valence electrons. The summed E-state index contributed by atoms with van der Waals surface area (Å²) in [6.45, 7) is 5.46. The van der Waals surface area contributed by atoms with Crippen LogP contribution < -0.4 is 4.90 Å². The Morgan fingerprint density at radius 1 is 1.48 bits per heavy atom. The zero-order valence-electron chi connectivity index (χ0n) is 12.6. The first-order valence-corrected chi connectivity index (χ1v) is 7.00. The van der Waals surface area contributed by atoms with Gasteiger partial charge in [0.15, 0.2) is 0 Å². The lowest BCUT2D eigenvalue weighted by molar-refractivity contribution is -0.141. The highest BCUT2D eigenvalue weighted by Crippen LogP contribution is 2.13. The third-order valence-electron chi connectivity index (χ3n) is 3.41. The van der Waals surface area contributed by atoms with Crippen LogP contribution in [0.3, 0.4) is 0 Å². The van der Waals surface area contributed by atoms with E-state index in [9.17, 15) is 4.79 Å². The Morgan fingerprint density at radius 3 is 2.67 bits per heavy atom. The normalized spacial score (nSPS) is 21.7. The van der Waals surface area contributed by atoms with Gasteiger partial charge in [-0.15, -0.1) is 0 Å². The van der Waals surface area contributed by atoms with Gasteiger partial charge in [-0.05, 0) is 26.0 Å². The molecule has 6 heteroatoms. The molecular weight excluding hydrogens is 268 g/mol. The average Bonchev–Trinajstić information content (AvgIpc) is 2.46. The number of anilines is 1. The van der Waals surface area contributed by atoms with E-state index in [1.807, 2.05) is 31.9 Å². The summed E-state index contributed by atoms with van der Waals surface area (Å²) in [6.07, 6.45) is 1.64. The number of ether oxygens (including phenoxy) is 1. The van der Waals surface area contributed by atoms with Crippen LogP contribution in [0.25, 0.3) is 0 Å². The van der Waals surface area contributed by atoms with Gasteiger partial charge in [0.05, 0.1) is 24.3 Å². The van der Waals surface area contributed by atoms with Gasteiger partial charge in [-0.3, -0.25) is 4.79 Å². The first-order chi connectivity index (χ1) is 9.99. The van der Waals surface area contributed by atoms with E-state index in [4.69, 9.17) is 10.00 Å². The Kier molecular flexibility index (Phi) is 4.76. The zero-order chi connectivity index (χ0) is 15.4. The van der Waals surface area contributed by atoms with Crippen molar-refractivity contribution >= 4 is 11.7 Å². The number of carbonyl (C=O) groups is 1. The van der Waals surface area contributed by atoms with Crippen LogP contribution in [0.1, 0.15) is 19.4 Å². The zero-order valence-corrected chi connectivity index (χ0v) is 12.6. The second kappa shape index (κ2) is 6.55. The lowest BCUT2D eigenvalue weighted by Crippen LogP contribution is -2.50. The minimum Gasteiger partial charge on any atom is -0.372 e. The molecule has 0 saturated carbocycles. The summed E-state index contributed by atoms with van der Waals surface area (Å²) < 4.78 is 5.63. The molecule has 0 radical (unpaired) electrons. The van der Waals surface area contributed by atoms with Crippen LogP contribution in [0.15, 0.2) is 18.3 Å². The molecule has 0 aliphatic carbocycles. The van der Waals surface area contributed by atoms with E-state index in [0.717, 1.165) is 0 Å². The molecular formula is C15H20N4O2. The smallest absolute Gasteiger partial charge is 0.242 e. The van der Waals surface area contributed by atoms with Crippen molar-refractivity contribution in [2.45, 2.75) is 26.1 Å². The Hall–Kier alpha value is -2.13. The Balaban J connectivity index is 1.96. The molecule has 6 nitrogen and oxygen atoms in total. The van der Waals surface area contributed by atoms with Crippen molar-refractivity contribution in [3.05, 3.63) is 23.9 Å². The van der Waals surface area contributed by atoms with Crippen molar-refractivity contribution in [1.29, 1.82) is 5.26 Å². The van der Waals surface area contributed by atoms with Crippen LogP contribution >= 0.6 is 0 Å². The minimum absolute atomic E-state index is 0.0608. The van der Waals surface area contributed by atoms with Crippen LogP contribution in [0.5, 0.6) is 0 Å². The highest BCUT2D eigenvalue weighted by atomic mass is 16.5. The predicted octanol–water partition coefficient (Wildman–Crippen LogP) is 1.03. The predicted molar refractivity (Wildman–Crippen MR) is 78.8 cm³/mol. The lowest BCUT2D eigenvalue weighted by Gasteiger charge is -2.36. The number of hydrogen-bond donors (Lipinski definition) is 0. The van der Waals surface area contributed by atoms with Crippen molar-refractivity contribution in [3.8, 4) is 6.07 Å². The van der Waals surface area contributed by atoms with Gasteiger partial charge >= 0.3 is 0 Å². The van der Waals surface area contributed by atoms with Gasteiger partial charge in [0.25, 0.3) is 0 Å². The Bertz CT molecular complexity index is 528. The molecule has 0 aromatic carbocycles. The third-order valence-corrected chi connectivity index (χ3v) is 3.41. The molecule has 2 atom stereocenters. The van der Waals surface area contributed by atoms with Gasteiger partial charge in [0.2, 0.25) is 5.91 Å². The standard InChI is InChI=1S/C15H20N4O2/c1-11-8-19(9-12(2)21-11)15(20)10-18(3)14-5-4-13(6-16)7-17-14/h4-5,7,11-12H,8-10H2,1-3H3/t11-,12-/m1/s1. The molecule has 0 spiro atoms. The van der Waals surface area contributed by atoms with Gasteiger partial charge < -0.3 is 14.5 Å². The quantitative estimate of drug-likeness (QED) is 0.830. The van der Waals surface area contributed by atoms with Crippen molar-refractivity contribution in [2.75, 3.05) is 31.6 Å². The van der Waals surface area contributed by atoms with Crippen LogP contribution in [0, 0.1) is 11.3 Å². The molecule has 1 aromatic heterocycles. The van der Waals surface area contributed by atoms with E-state index in [1.165, 1.54) is 6.20 Å². The molecule has 2 rings (SSSR count). The van der Waals surface area contributed by atoms with Crippen LogP contribution in [-0.2, 0) is 9.53 Å². The molecule has 0 unspecified atom stereocenters. The second-order valence-corrected chi connectivity index (χ2v) is 5.43. The van der Waals surface area contributed by atoms with Crippen molar-refractivity contribution in [1.82, 2.24) is 9.88 Å². The first-order valence-electron chi connectivity index (χ1n) is 7.00. The summed E-state index contributed by atoms with van der Waals surface area (Å²) in [5.74, 6) is 0.738. The fourth-order valence-electron chi connectivity index (χ4n) is 2.44. The minimum atomic E-state index is 0.0608. The van der Waals surface area contributed by atoms with E-state index >= 15 is 0 Å². The van der Waals surface area contributed by atoms with Gasteiger partial charge in [-0.25, -0.2) is 4.98 Å². The van der Waals surface area contributed by atoms with Crippen molar-refractivity contribution < 1.29 is 9.53 Å². The molecule has 2 heterocycles. The molecule has 1 fully saturated rings. The maximum atomic E-state index is 12.3. The van der Waals surface area contributed by atoms with E-state index in [-0.39, 0.29) is 24.7 Å². The number of morpholine rings is 1. The van der Waals surface area contributed by atoms with E-state index in [2.05, 4.69) is 4.98 Å². The summed E-state index contributed by atoms with van der Waals surface area (Å²) in [5.41, 5.74) is 0.509. The summed E-state index contributed by atoms with van der Waals surface area (Å²) in [7, 11) is 1.82. The topological polar surface area (TPSA) is 69.5 Å². The number of amides is 1. The number of carbonyl (C=O) groups excluding carboxylic acids is 1. The molecule has 1 aliphatic rings. The molecule has 1 amide bonds. The molecule has 1 saturated heterocycles. The fraction of sp³-hybridized carbons (Fsp3) is 0.533. The third kappa shape index (κ3) is 3.92.